The van der Waals surface area contributed by atoms with Crippen LogP contribution in [0.5, 0.6) is 0 Å². The van der Waals surface area contributed by atoms with Crippen LogP contribution >= 0.6 is 11.8 Å². The minimum Gasteiger partial charge on any atom is -0.327 e. The van der Waals surface area contributed by atoms with Crippen LogP contribution in [0.3, 0.4) is 0 Å². The van der Waals surface area contributed by atoms with Crippen LogP contribution in [-0.4, -0.2) is 32.6 Å². The molecule has 0 aliphatic rings. The summed E-state index contributed by atoms with van der Waals surface area (Å²) in [5.41, 5.74) is 2.33. The van der Waals surface area contributed by atoms with E-state index in [-0.39, 0.29) is 4.90 Å². The molecule has 0 fully saturated rings. The lowest BCUT2D eigenvalue weighted by Gasteiger charge is -2.08. The summed E-state index contributed by atoms with van der Waals surface area (Å²) < 4.78 is 27.4. The smallest absolute Gasteiger partial charge is 0.238 e. The molecule has 0 unspecified atom stereocenters. The lowest BCUT2D eigenvalue weighted by molar-refractivity contribution is 0.598. The van der Waals surface area contributed by atoms with Gasteiger partial charge in [0.25, 0.3) is 0 Å². The molecule has 0 aliphatic carbocycles. The van der Waals surface area contributed by atoms with E-state index in [2.05, 4.69) is 26.7 Å². The summed E-state index contributed by atoms with van der Waals surface area (Å²) >= 11 is 1.55. The maximum atomic E-state index is 11.7. The lowest BCUT2D eigenvalue weighted by Crippen LogP contribution is -2.11. The van der Waals surface area contributed by atoms with Crippen molar-refractivity contribution >= 4 is 38.5 Å². The van der Waals surface area contributed by atoms with Gasteiger partial charge in [0.1, 0.15) is 5.82 Å². The molecular weight excluding hydrogens is 396 g/mol. The Morgan fingerprint density at radius 1 is 1.18 bits per heavy atom. The van der Waals surface area contributed by atoms with E-state index in [4.69, 9.17) is 5.14 Å². The fourth-order valence-corrected chi connectivity index (χ4v) is 4.46. The molecule has 0 aliphatic heterocycles. The monoisotopic (exact) mass is 416 g/mol. The molecule has 2 N–H and O–H groups in total. The summed E-state index contributed by atoms with van der Waals surface area (Å²) in [5, 5.41) is 14.5. The molecule has 0 bridgehead atoms. The topological polar surface area (TPSA) is 108 Å². The SMILES string of the molecule is CCCCn1c(CSc2nnc3ccccn23)nc2cc(S(N)(=O)=O)ccc21. The Kier molecular flexibility index (Phi) is 5.09. The van der Waals surface area contributed by atoms with Crippen LogP contribution in [0.25, 0.3) is 16.7 Å². The molecule has 0 spiro atoms. The number of hydrogen-bond donors (Lipinski definition) is 1. The molecule has 4 aromatic rings. The summed E-state index contributed by atoms with van der Waals surface area (Å²) in [5.74, 6) is 1.46. The molecule has 0 saturated heterocycles. The first-order valence-electron chi connectivity index (χ1n) is 8.92. The second kappa shape index (κ2) is 7.53. The molecule has 10 heteroatoms. The third kappa shape index (κ3) is 3.62. The number of imidazole rings is 1. The van der Waals surface area contributed by atoms with Gasteiger partial charge in [0.2, 0.25) is 10.0 Å². The first-order chi connectivity index (χ1) is 13.5. The van der Waals surface area contributed by atoms with Crippen LogP contribution in [-0.2, 0) is 22.3 Å². The van der Waals surface area contributed by atoms with Gasteiger partial charge in [0.05, 0.1) is 21.7 Å². The standard InChI is InChI=1S/C18H20N6O2S2/c1-2-3-9-23-15-8-7-13(28(19,25)26)11-14(15)20-17(23)12-27-18-22-21-16-6-4-5-10-24(16)18/h4-8,10-11H,2-3,9,12H2,1H3,(H2,19,25,26). The van der Waals surface area contributed by atoms with E-state index in [1.54, 1.807) is 17.8 Å². The average molecular weight is 417 g/mol. The van der Waals surface area contributed by atoms with Crippen LogP contribution in [0, 0.1) is 0 Å². The number of primary sulfonamides is 1. The fraction of sp³-hybridized carbons (Fsp3) is 0.278. The maximum Gasteiger partial charge on any atom is 0.238 e. The van der Waals surface area contributed by atoms with Crippen LogP contribution < -0.4 is 5.14 Å². The number of nitrogens with zero attached hydrogens (tertiary/aromatic N) is 5. The summed E-state index contributed by atoms with van der Waals surface area (Å²) in [7, 11) is -3.76. The van der Waals surface area contributed by atoms with Crippen molar-refractivity contribution in [2.75, 3.05) is 0 Å². The van der Waals surface area contributed by atoms with Gasteiger partial charge in [-0.3, -0.25) is 4.40 Å². The van der Waals surface area contributed by atoms with Crippen molar-refractivity contribution in [2.24, 2.45) is 5.14 Å². The Balaban J connectivity index is 1.69. The number of nitrogens with two attached hydrogens (primary N) is 1. The van der Waals surface area contributed by atoms with E-state index in [9.17, 15) is 8.42 Å². The number of fused-ring (bicyclic) bond motifs is 2. The van der Waals surface area contributed by atoms with Gasteiger partial charge in [0, 0.05) is 12.7 Å². The Bertz CT molecular complexity index is 1250. The Hall–Kier alpha value is -2.43. The van der Waals surface area contributed by atoms with Crippen molar-refractivity contribution in [1.82, 2.24) is 24.1 Å². The zero-order valence-electron chi connectivity index (χ0n) is 15.3. The van der Waals surface area contributed by atoms with Crippen molar-refractivity contribution in [3.8, 4) is 0 Å². The predicted octanol–water partition coefficient (Wildman–Crippen LogP) is 2.82. The first kappa shape index (κ1) is 18.9. The van der Waals surface area contributed by atoms with E-state index < -0.39 is 10.0 Å². The summed E-state index contributed by atoms with van der Waals surface area (Å²) in [6.07, 6.45) is 3.99. The molecule has 8 nitrogen and oxygen atoms in total. The molecular formula is C18H20N6O2S2. The number of benzene rings is 1. The second-order valence-electron chi connectivity index (χ2n) is 6.43. The largest absolute Gasteiger partial charge is 0.327 e. The summed E-state index contributed by atoms with van der Waals surface area (Å²) in [4.78, 5) is 4.76. The molecule has 146 valence electrons. The van der Waals surface area contributed by atoms with E-state index in [0.29, 0.717) is 11.3 Å². The van der Waals surface area contributed by atoms with Crippen molar-refractivity contribution < 1.29 is 8.42 Å². The molecule has 0 atom stereocenters. The van der Waals surface area contributed by atoms with Crippen LogP contribution in [0.4, 0.5) is 0 Å². The van der Waals surface area contributed by atoms with Crippen molar-refractivity contribution in [1.29, 1.82) is 0 Å². The highest BCUT2D eigenvalue weighted by Gasteiger charge is 2.16. The van der Waals surface area contributed by atoms with Gasteiger partial charge in [-0.2, -0.15) is 0 Å². The summed E-state index contributed by atoms with van der Waals surface area (Å²) in [6, 6.07) is 10.6. The molecule has 0 saturated carbocycles. The van der Waals surface area contributed by atoms with Gasteiger partial charge in [-0.25, -0.2) is 18.5 Å². The number of aryl methyl sites for hydroxylation is 1. The van der Waals surface area contributed by atoms with Gasteiger partial charge < -0.3 is 4.57 Å². The molecule has 3 aromatic heterocycles. The van der Waals surface area contributed by atoms with Gasteiger partial charge in [-0.1, -0.05) is 31.2 Å². The van der Waals surface area contributed by atoms with Crippen LogP contribution in [0.1, 0.15) is 25.6 Å². The number of rotatable bonds is 7. The van der Waals surface area contributed by atoms with Gasteiger partial charge in [-0.15, -0.1) is 10.2 Å². The van der Waals surface area contributed by atoms with Crippen molar-refractivity contribution in [3.05, 3.63) is 48.4 Å². The van der Waals surface area contributed by atoms with Crippen LogP contribution in [0.2, 0.25) is 0 Å². The third-order valence-corrected chi connectivity index (χ3v) is 6.33. The van der Waals surface area contributed by atoms with E-state index in [0.717, 1.165) is 41.5 Å². The zero-order valence-corrected chi connectivity index (χ0v) is 16.9. The number of hydrogen-bond acceptors (Lipinski definition) is 6. The number of sulfonamides is 1. The van der Waals surface area contributed by atoms with E-state index >= 15 is 0 Å². The number of unbranched alkanes of at least 4 members (excludes halogenated alkanes) is 1. The van der Waals surface area contributed by atoms with Crippen LogP contribution in [0.15, 0.2) is 52.6 Å². The van der Waals surface area contributed by atoms with E-state index in [1.165, 1.54) is 12.1 Å². The van der Waals surface area contributed by atoms with Gasteiger partial charge in [0.15, 0.2) is 10.8 Å². The maximum absolute atomic E-state index is 11.7. The Morgan fingerprint density at radius 2 is 2.04 bits per heavy atom. The molecule has 3 heterocycles. The number of aromatic nitrogens is 5. The predicted molar refractivity (Wildman–Crippen MR) is 109 cm³/mol. The molecule has 0 amide bonds. The minimum absolute atomic E-state index is 0.0720. The fourth-order valence-electron chi connectivity index (χ4n) is 3.06. The summed E-state index contributed by atoms with van der Waals surface area (Å²) in [6.45, 7) is 2.95. The highest BCUT2D eigenvalue weighted by molar-refractivity contribution is 7.98. The lowest BCUT2D eigenvalue weighted by atomic mass is 10.3. The normalized spacial score (nSPS) is 12.2. The molecule has 0 radical (unpaired) electrons. The highest BCUT2D eigenvalue weighted by Crippen LogP contribution is 2.26. The van der Waals surface area contributed by atoms with Crippen molar-refractivity contribution in [3.63, 3.8) is 0 Å². The zero-order chi connectivity index (χ0) is 19.7. The van der Waals surface area contributed by atoms with E-state index in [1.807, 2.05) is 28.8 Å². The minimum atomic E-state index is -3.76. The molecule has 4 rings (SSSR count). The average Bonchev–Trinajstić information content (AvgIpc) is 3.24. The van der Waals surface area contributed by atoms with Gasteiger partial charge >= 0.3 is 0 Å². The molecule has 1 aromatic carbocycles. The second-order valence-corrected chi connectivity index (χ2v) is 8.93. The number of thioether (sulfide) groups is 1. The van der Waals surface area contributed by atoms with Gasteiger partial charge in [-0.05, 0) is 36.8 Å². The Morgan fingerprint density at radius 3 is 2.82 bits per heavy atom. The number of pyridine rings is 1. The Labute approximate surface area is 166 Å². The first-order valence-corrected chi connectivity index (χ1v) is 11.4. The quantitative estimate of drug-likeness (QED) is 0.464. The molecule has 28 heavy (non-hydrogen) atoms. The van der Waals surface area contributed by atoms with Crippen molar-refractivity contribution in [2.45, 2.75) is 42.1 Å². The third-order valence-electron chi connectivity index (χ3n) is 4.48. The highest BCUT2D eigenvalue weighted by atomic mass is 32.2.